The Morgan fingerprint density at radius 3 is 2.12 bits per heavy atom. The third kappa shape index (κ3) is 6.41. The number of rotatable bonds is 0. The molecule has 0 aliphatic rings. The van der Waals surface area contributed by atoms with Crippen molar-refractivity contribution in [1.82, 2.24) is 9.97 Å². The first-order valence-corrected chi connectivity index (χ1v) is 7.84. The van der Waals surface area contributed by atoms with Crippen molar-refractivity contribution in [2.45, 2.75) is 27.7 Å². The lowest BCUT2D eigenvalue weighted by atomic mass is 10.2. The first kappa shape index (κ1) is 18.5. The van der Waals surface area contributed by atoms with E-state index in [4.69, 9.17) is 0 Å². The third-order valence-electron chi connectivity index (χ3n) is 1.55. The Bertz CT molecular complexity index is 435. The second kappa shape index (κ2) is 13.2. The Morgan fingerprint density at radius 2 is 1.59 bits per heavy atom. The van der Waals surface area contributed by atoms with E-state index in [1.807, 2.05) is 50.8 Å². The smallest absolute Gasteiger partial charge is 0.258 e. The quantitative estimate of drug-likeness (QED) is 0.577. The van der Waals surface area contributed by atoms with Crippen molar-refractivity contribution in [3.63, 3.8) is 0 Å². The molecule has 0 amide bonds. The minimum Gasteiger partial charge on any atom is -0.313 e. The highest BCUT2D eigenvalue weighted by Gasteiger charge is 1.94. The molecule has 1 N–H and O–H groups in total. The van der Waals surface area contributed by atoms with Gasteiger partial charge in [0.2, 0.25) is 0 Å². The fraction of sp³-hybridized carbons (Fsp3) is 0.385. The van der Waals surface area contributed by atoms with Crippen molar-refractivity contribution in [3.05, 3.63) is 40.9 Å². The van der Waals surface area contributed by atoms with Crippen LogP contribution in [0.25, 0.3) is 10.9 Å². The molecule has 0 unspecified atom stereocenters. The number of aromatic amines is 1. The molecule has 0 fully saturated rings. The molecule has 2 aromatic rings. The Balaban J connectivity index is 0. The fourth-order valence-corrected chi connectivity index (χ4v) is 1.02. The van der Waals surface area contributed by atoms with Crippen LogP contribution in [0.3, 0.4) is 0 Å². The van der Waals surface area contributed by atoms with E-state index in [9.17, 15) is 4.79 Å². The minimum atomic E-state index is -0.0874. The van der Waals surface area contributed by atoms with Crippen molar-refractivity contribution in [3.8, 4) is 0 Å². The Labute approximate surface area is 117 Å². The number of alkyl halides is 1. The molecule has 1 aromatic carbocycles. The van der Waals surface area contributed by atoms with Gasteiger partial charge in [0.15, 0.2) is 0 Å². The average Bonchev–Trinajstić information content (AvgIpc) is 2.46. The maximum atomic E-state index is 11.1. The predicted molar refractivity (Wildman–Crippen MR) is 85.0 cm³/mol. The number of aromatic nitrogens is 2. The molecule has 1 aromatic heterocycles. The summed E-state index contributed by atoms with van der Waals surface area (Å²) in [6, 6.07) is 7.24. The van der Waals surface area contributed by atoms with E-state index in [1.54, 1.807) is 6.07 Å². The number of nitrogens with one attached hydrogen (secondary N) is 1. The van der Waals surface area contributed by atoms with Gasteiger partial charge in [-0.3, -0.25) is 4.79 Å². The van der Waals surface area contributed by atoms with Gasteiger partial charge < -0.3 is 4.98 Å². The van der Waals surface area contributed by atoms with Crippen LogP contribution in [-0.4, -0.2) is 14.9 Å². The van der Waals surface area contributed by atoms with Gasteiger partial charge in [-0.1, -0.05) is 62.4 Å². The van der Waals surface area contributed by atoms with Crippen LogP contribution in [0.4, 0.5) is 0 Å². The highest BCUT2D eigenvalue weighted by atomic mass is 127. The van der Waals surface area contributed by atoms with Crippen LogP contribution in [0.1, 0.15) is 27.7 Å². The summed E-state index contributed by atoms with van der Waals surface area (Å²) < 4.78 is 0. The van der Waals surface area contributed by atoms with Gasteiger partial charge in [-0.15, -0.1) is 0 Å². The molecule has 2 rings (SSSR count). The van der Waals surface area contributed by atoms with Crippen LogP contribution in [0.2, 0.25) is 0 Å². The van der Waals surface area contributed by atoms with Gasteiger partial charge >= 0.3 is 0 Å². The minimum absolute atomic E-state index is 0.0874. The number of nitrogens with zero attached hydrogens (tertiary/aromatic N) is 1. The molecule has 0 saturated carbocycles. The van der Waals surface area contributed by atoms with E-state index in [1.165, 1.54) is 6.33 Å². The SMILES string of the molecule is CC.CC.CI.O=c1[nH]cnc2ccccc12. The molecule has 0 spiro atoms. The molecule has 0 radical (unpaired) electrons. The zero-order chi connectivity index (χ0) is 13.7. The molecule has 4 heteroatoms. The number of benzene rings is 1. The summed E-state index contributed by atoms with van der Waals surface area (Å²) >= 11 is 2.15. The summed E-state index contributed by atoms with van der Waals surface area (Å²) in [7, 11) is 0. The monoisotopic (exact) mass is 348 g/mol. The van der Waals surface area contributed by atoms with Gasteiger partial charge in [0.25, 0.3) is 5.56 Å². The van der Waals surface area contributed by atoms with Crippen molar-refractivity contribution in [2.75, 3.05) is 4.93 Å². The van der Waals surface area contributed by atoms with E-state index in [-0.39, 0.29) is 5.56 Å². The number of H-pyrrole nitrogens is 1. The lowest BCUT2D eigenvalue weighted by Crippen LogP contribution is -2.05. The highest BCUT2D eigenvalue weighted by molar-refractivity contribution is 14.1. The highest BCUT2D eigenvalue weighted by Crippen LogP contribution is 2.02. The molecular formula is C13H21IN2O. The van der Waals surface area contributed by atoms with Gasteiger partial charge in [0.1, 0.15) is 0 Å². The molecule has 0 aliphatic heterocycles. The van der Waals surface area contributed by atoms with E-state index in [2.05, 4.69) is 32.6 Å². The van der Waals surface area contributed by atoms with Gasteiger partial charge in [-0.05, 0) is 17.1 Å². The molecule has 0 bridgehead atoms. The van der Waals surface area contributed by atoms with Crippen molar-refractivity contribution in [2.24, 2.45) is 0 Å². The van der Waals surface area contributed by atoms with Crippen molar-refractivity contribution in [1.29, 1.82) is 0 Å². The number of hydrogen-bond acceptors (Lipinski definition) is 2. The summed E-state index contributed by atoms with van der Waals surface area (Å²) in [5.41, 5.74) is 0.645. The van der Waals surface area contributed by atoms with Crippen molar-refractivity contribution < 1.29 is 0 Å². The average molecular weight is 348 g/mol. The summed E-state index contributed by atoms with van der Waals surface area (Å²) in [4.78, 5) is 19.5. The zero-order valence-electron chi connectivity index (χ0n) is 11.1. The molecule has 0 saturated heterocycles. The summed E-state index contributed by atoms with van der Waals surface area (Å²) in [5.74, 6) is 0. The summed E-state index contributed by atoms with van der Waals surface area (Å²) in [5, 5.41) is 0.634. The van der Waals surface area contributed by atoms with Crippen LogP contribution in [-0.2, 0) is 0 Å². The molecule has 1 heterocycles. The lowest BCUT2D eigenvalue weighted by molar-refractivity contribution is 1.17. The van der Waals surface area contributed by atoms with Crippen LogP contribution in [0.15, 0.2) is 35.4 Å². The van der Waals surface area contributed by atoms with Crippen LogP contribution in [0, 0.1) is 0 Å². The third-order valence-corrected chi connectivity index (χ3v) is 1.55. The molecule has 96 valence electrons. The van der Waals surface area contributed by atoms with Gasteiger partial charge in [-0.25, -0.2) is 4.98 Å². The Hall–Kier alpha value is -0.910. The lowest BCUT2D eigenvalue weighted by Gasteiger charge is -1.91. The first-order valence-electron chi connectivity index (χ1n) is 5.68. The van der Waals surface area contributed by atoms with Crippen LogP contribution < -0.4 is 5.56 Å². The Kier molecular flexibility index (Phi) is 14.3. The number of para-hydroxylation sites is 1. The molecule has 17 heavy (non-hydrogen) atoms. The number of hydrogen-bond donors (Lipinski definition) is 1. The first-order chi connectivity index (χ1) is 8.38. The molecule has 0 atom stereocenters. The maximum absolute atomic E-state index is 11.1. The second-order valence-corrected chi connectivity index (χ2v) is 2.25. The van der Waals surface area contributed by atoms with Gasteiger partial charge in [0.05, 0.1) is 17.2 Å². The van der Waals surface area contributed by atoms with Crippen LogP contribution >= 0.6 is 22.6 Å². The summed E-state index contributed by atoms with van der Waals surface area (Å²) in [6.45, 7) is 8.00. The predicted octanol–water partition coefficient (Wildman–Crippen LogP) is 4.03. The van der Waals surface area contributed by atoms with Crippen molar-refractivity contribution >= 4 is 33.5 Å². The molecule has 0 aliphatic carbocycles. The summed E-state index contributed by atoms with van der Waals surface area (Å²) in [6.07, 6.45) is 1.41. The van der Waals surface area contributed by atoms with E-state index >= 15 is 0 Å². The fourth-order valence-electron chi connectivity index (χ4n) is 1.02. The van der Waals surface area contributed by atoms with E-state index in [0.717, 1.165) is 5.52 Å². The second-order valence-electron chi connectivity index (χ2n) is 2.25. The normalized spacial score (nSPS) is 7.65. The zero-order valence-corrected chi connectivity index (χ0v) is 13.3. The van der Waals surface area contributed by atoms with Gasteiger partial charge in [-0.2, -0.15) is 0 Å². The van der Waals surface area contributed by atoms with Crippen LogP contribution in [0.5, 0.6) is 0 Å². The van der Waals surface area contributed by atoms with E-state index in [0.29, 0.717) is 5.39 Å². The van der Waals surface area contributed by atoms with E-state index < -0.39 is 0 Å². The molecule has 3 nitrogen and oxygen atoms in total. The topological polar surface area (TPSA) is 45.8 Å². The largest absolute Gasteiger partial charge is 0.313 e. The standard InChI is InChI=1S/C8H6N2O.2C2H6.CH3I/c11-8-6-3-1-2-4-7(6)9-5-10-8;3*1-2/h1-5H,(H,9,10,11);2*1-2H3;1H3. The molecular weight excluding hydrogens is 327 g/mol. The number of fused-ring (bicyclic) bond motifs is 1. The maximum Gasteiger partial charge on any atom is 0.258 e. The van der Waals surface area contributed by atoms with Gasteiger partial charge in [0, 0.05) is 0 Å². The number of halogens is 1. The Morgan fingerprint density at radius 1 is 1.06 bits per heavy atom.